The molecule has 9 nitrogen and oxygen atoms in total. The molecule has 10 heteroatoms. The SMILES string of the molecule is CNC(=O)c1cnn(-c2ccc(Cl)cc2-c2ccc3c(NCc4ccc(OC)cc4OC)cnnc3c2)c1. The van der Waals surface area contributed by atoms with Crippen LogP contribution in [0.15, 0.2) is 73.2 Å². The number of nitrogens with one attached hydrogen (secondary N) is 2. The van der Waals surface area contributed by atoms with E-state index >= 15 is 0 Å². The minimum absolute atomic E-state index is 0.208. The van der Waals surface area contributed by atoms with Crippen molar-refractivity contribution in [3.8, 4) is 28.3 Å². The van der Waals surface area contributed by atoms with Crippen LogP contribution in [0, 0.1) is 0 Å². The molecule has 0 aliphatic heterocycles. The third-order valence-corrected chi connectivity index (χ3v) is 6.43. The summed E-state index contributed by atoms with van der Waals surface area (Å²) in [6.07, 6.45) is 4.91. The molecule has 0 saturated heterocycles. The first kappa shape index (κ1) is 25.0. The van der Waals surface area contributed by atoms with Gasteiger partial charge in [0.1, 0.15) is 11.5 Å². The fraction of sp³-hybridized carbons (Fsp3) is 0.143. The zero-order valence-corrected chi connectivity index (χ0v) is 21.8. The molecule has 0 fully saturated rings. The molecule has 3 aromatic carbocycles. The Labute approximate surface area is 224 Å². The second-order valence-corrected chi connectivity index (χ2v) is 8.87. The number of hydrogen-bond donors (Lipinski definition) is 2. The predicted octanol–water partition coefficient (Wildman–Crippen LogP) is 5.12. The van der Waals surface area contributed by atoms with Crippen LogP contribution in [0.3, 0.4) is 0 Å². The van der Waals surface area contributed by atoms with Gasteiger partial charge in [-0.1, -0.05) is 17.7 Å². The van der Waals surface area contributed by atoms with Gasteiger partial charge in [0.25, 0.3) is 5.91 Å². The molecule has 0 bridgehead atoms. The first-order valence-corrected chi connectivity index (χ1v) is 12.2. The highest BCUT2D eigenvalue weighted by atomic mass is 35.5. The van der Waals surface area contributed by atoms with Gasteiger partial charge in [-0.3, -0.25) is 4.79 Å². The summed E-state index contributed by atoms with van der Waals surface area (Å²) in [4.78, 5) is 12.0. The van der Waals surface area contributed by atoms with Crippen molar-refractivity contribution in [2.45, 2.75) is 6.54 Å². The lowest BCUT2D eigenvalue weighted by molar-refractivity contribution is 0.0963. The summed E-state index contributed by atoms with van der Waals surface area (Å²) in [6.45, 7) is 0.529. The van der Waals surface area contributed by atoms with Gasteiger partial charge in [0.15, 0.2) is 0 Å². The van der Waals surface area contributed by atoms with Gasteiger partial charge in [-0.25, -0.2) is 4.68 Å². The predicted molar refractivity (Wildman–Crippen MR) is 147 cm³/mol. The second-order valence-electron chi connectivity index (χ2n) is 8.44. The topological polar surface area (TPSA) is 103 Å². The standard InChI is InChI=1S/C28H25ClN6O3/c1-30-28(36)19-14-33-35(16-19)26-9-6-20(29)11-23(26)17-5-8-22-24(10-17)34-32-15-25(22)31-13-18-4-7-21(37-2)12-27(18)38-3/h4-12,14-16H,13H2,1-3H3,(H,30,36)(H,31,34). The maximum atomic E-state index is 12.0. The first-order chi connectivity index (χ1) is 18.5. The van der Waals surface area contributed by atoms with Crippen molar-refractivity contribution in [1.29, 1.82) is 0 Å². The Morgan fingerprint density at radius 3 is 2.68 bits per heavy atom. The summed E-state index contributed by atoms with van der Waals surface area (Å²) >= 11 is 6.37. The van der Waals surface area contributed by atoms with Crippen molar-refractivity contribution >= 4 is 34.1 Å². The first-order valence-electron chi connectivity index (χ1n) is 11.8. The van der Waals surface area contributed by atoms with E-state index in [0.717, 1.165) is 45.0 Å². The number of benzene rings is 3. The average molecular weight is 529 g/mol. The van der Waals surface area contributed by atoms with Crippen LogP contribution in [0.5, 0.6) is 11.5 Å². The summed E-state index contributed by atoms with van der Waals surface area (Å²) in [7, 11) is 4.84. The number of fused-ring (bicyclic) bond motifs is 1. The van der Waals surface area contributed by atoms with Crippen LogP contribution in [-0.4, -0.2) is 47.2 Å². The Hall–Kier alpha value is -4.63. The molecule has 0 atom stereocenters. The second kappa shape index (κ2) is 10.8. The van der Waals surface area contributed by atoms with Crippen LogP contribution in [-0.2, 0) is 6.54 Å². The van der Waals surface area contributed by atoms with Crippen molar-refractivity contribution in [2.24, 2.45) is 0 Å². The van der Waals surface area contributed by atoms with Crippen molar-refractivity contribution in [3.05, 3.63) is 89.3 Å². The summed E-state index contributed by atoms with van der Waals surface area (Å²) in [5, 5.41) is 20.5. The molecule has 5 aromatic rings. The van der Waals surface area contributed by atoms with Gasteiger partial charge in [-0.2, -0.15) is 15.3 Å². The lowest BCUT2D eigenvalue weighted by Gasteiger charge is -2.14. The Kier molecular flexibility index (Phi) is 7.10. The molecule has 2 N–H and O–H groups in total. The minimum Gasteiger partial charge on any atom is -0.497 e. The van der Waals surface area contributed by atoms with Gasteiger partial charge >= 0.3 is 0 Å². The molecule has 0 saturated carbocycles. The molecule has 5 rings (SSSR count). The number of anilines is 1. The Bertz CT molecular complexity index is 1630. The average Bonchev–Trinajstić information content (AvgIpc) is 3.45. The molecule has 2 aromatic heterocycles. The number of ether oxygens (including phenoxy) is 2. The fourth-order valence-corrected chi connectivity index (χ4v) is 4.38. The van der Waals surface area contributed by atoms with Crippen LogP contribution in [0.1, 0.15) is 15.9 Å². The van der Waals surface area contributed by atoms with Crippen LogP contribution < -0.4 is 20.1 Å². The van der Waals surface area contributed by atoms with Gasteiger partial charge < -0.3 is 20.1 Å². The van der Waals surface area contributed by atoms with Crippen LogP contribution in [0.4, 0.5) is 5.69 Å². The Morgan fingerprint density at radius 1 is 1.03 bits per heavy atom. The van der Waals surface area contributed by atoms with Crippen molar-refractivity contribution < 1.29 is 14.3 Å². The zero-order chi connectivity index (χ0) is 26.6. The molecule has 0 radical (unpaired) electrons. The number of methoxy groups -OCH3 is 2. The molecule has 0 aliphatic rings. The van der Waals surface area contributed by atoms with E-state index in [4.69, 9.17) is 21.1 Å². The normalized spacial score (nSPS) is 10.8. The highest BCUT2D eigenvalue weighted by molar-refractivity contribution is 6.31. The number of amides is 1. The highest BCUT2D eigenvalue weighted by Gasteiger charge is 2.14. The molecule has 2 heterocycles. The van der Waals surface area contributed by atoms with Crippen molar-refractivity contribution in [2.75, 3.05) is 26.6 Å². The van der Waals surface area contributed by atoms with E-state index in [0.29, 0.717) is 22.6 Å². The maximum Gasteiger partial charge on any atom is 0.254 e. The third-order valence-electron chi connectivity index (χ3n) is 6.19. The van der Waals surface area contributed by atoms with E-state index in [9.17, 15) is 4.79 Å². The number of nitrogens with zero attached hydrogens (tertiary/aromatic N) is 4. The number of aromatic nitrogens is 4. The number of carbonyl (C=O) groups excluding carboxylic acids is 1. The van der Waals surface area contributed by atoms with Crippen molar-refractivity contribution in [1.82, 2.24) is 25.3 Å². The summed E-state index contributed by atoms with van der Waals surface area (Å²) in [6, 6.07) is 17.2. The van der Waals surface area contributed by atoms with Crippen molar-refractivity contribution in [3.63, 3.8) is 0 Å². The number of rotatable bonds is 8. The highest BCUT2D eigenvalue weighted by Crippen LogP contribution is 2.33. The largest absolute Gasteiger partial charge is 0.497 e. The molecule has 0 aliphatic carbocycles. The Morgan fingerprint density at radius 2 is 1.89 bits per heavy atom. The molecular weight excluding hydrogens is 504 g/mol. The van der Waals surface area contributed by atoms with E-state index in [1.807, 2.05) is 48.5 Å². The molecule has 1 amide bonds. The fourth-order valence-electron chi connectivity index (χ4n) is 4.21. The van der Waals surface area contributed by atoms with E-state index in [2.05, 4.69) is 25.9 Å². The third kappa shape index (κ3) is 4.96. The van der Waals surface area contributed by atoms with E-state index in [1.54, 1.807) is 44.4 Å². The van der Waals surface area contributed by atoms with E-state index < -0.39 is 0 Å². The van der Waals surface area contributed by atoms with Crippen LogP contribution in [0.25, 0.3) is 27.7 Å². The van der Waals surface area contributed by atoms with Gasteiger partial charge in [-0.05, 0) is 48.0 Å². The molecule has 38 heavy (non-hydrogen) atoms. The smallest absolute Gasteiger partial charge is 0.254 e. The quantitative estimate of drug-likeness (QED) is 0.288. The lowest BCUT2D eigenvalue weighted by atomic mass is 10.0. The van der Waals surface area contributed by atoms with Gasteiger partial charge in [-0.15, -0.1) is 0 Å². The van der Waals surface area contributed by atoms with Gasteiger partial charge in [0, 0.05) is 47.4 Å². The summed E-state index contributed by atoms with van der Waals surface area (Å²) in [5.74, 6) is 1.26. The summed E-state index contributed by atoms with van der Waals surface area (Å²) in [5.41, 5.74) is 5.50. The molecule has 0 unspecified atom stereocenters. The van der Waals surface area contributed by atoms with Crippen LogP contribution >= 0.6 is 11.6 Å². The maximum absolute atomic E-state index is 12.0. The summed E-state index contributed by atoms with van der Waals surface area (Å²) < 4.78 is 12.5. The van der Waals surface area contributed by atoms with Crippen LogP contribution in [0.2, 0.25) is 5.02 Å². The number of hydrogen-bond acceptors (Lipinski definition) is 7. The van der Waals surface area contributed by atoms with E-state index in [1.165, 1.54) is 6.20 Å². The number of carbonyl (C=O) groups is 1. The van der Waals surface area contributed by atoms with E-state index in [-0.39, 0.29) is 5.91 Å². The van der Waals surface area contributed by atoms with Gasteiger partial charge in [0.05, 0.1) is 49.1 Å². The zero-order valence-electron chi connectivity index (χ0n) is 21.0. The molecule has 192 valence electrons. The number of halogens is 1. The Balaban J connectivity index is 1.48. The van der Waals surface area contributed by atoms with Gasteiger partial charge in [0.2, 0.25) is 0 Å². The minimum atomic E-state index is -0.208. The lowest BCUT2D eigenvalue weighted by Crippen LogP contribution is -2.16. The molecule has 0 spiro atoms. The monoisotopic (exact) mass is 528 g/mol. The molecular formula is C28H25ClN6O3.